The van der Waals surface area contributed by atoms with Crippen LogP contribution in [0, 0.1) is 5.82 Å². The lowest BCUT2D eigenvalue weighted by atomic mass is 10.0. The average molecular weight is 417 g/mol. The van der Waals surface area contributed by atoms with E-state index in [1.807, 2.05) is 0 Å². The van der Waals surface area contributed by atoms with Gasteiger partial charge in [-0.15, -0.1) is 0 Å². The van der Waals surface area contributed by atoms with Crippen LogP contribution in [0.2, 0.25) is 5.02 Å². The van der Waals surface area contributed by atoms with E-state index in [-0.39, 0.29) is 5.82 Å². The zero-order chi connectivity index (χ0) is 19.5. The lowest BCUT2D eigenvalue weighted by Gasteiger charge is -2.22. The third-order valence-electron chi connectivity index (χ3n) is 4.62. The molecule has 3 aromatic rings. The third kappa shape index (κ3) is 4.05. The number of hydrogen-bond acceptors (Lipinski definition) is 5. The van der Waals surface area contributed by atoms with Gasteiger partial charge in [0.1, 0.15) is 17.3 Å². The maximum atomic E-state index is 13.4. The highest BCUT2D eigenvalue weighted by molar-refractivity contribution is 7.85. The van der Waals surface area contributed by atoms with E-state index in [4.69, 9.17) is 16.6 Å². The Hall–Kier alpha value is -2.38. The molecule has 1 atom stereocenters. The van der Waals surface area contributed by atoms with Crippen molar-refractivity contribution in [3.63, 3.8) is 0 Å². The van der Waals surface area contributed by atoms with Crippen molar-refractivity contribution in [1.82, 2.24) is 15.0 Å². The van der Waals surface area contributed by atoms with Crippen LogP contribution >= 0.6 is 11.6 Å². The molecule has 0 aliphatic carbocycles. The molecule has 2 aromatic heterocycles. The number of aromatic nitrogens is 3. The van der Waals surface area contributed by atoms with Gasteiger partial charge < -0.3 is 4.90 Å². The van der Waals surface area contributed by atoms with Crippen molar-refractivity contribution < 1.29 is 8.60 Å². The van der Waals surface area contributed by atoms with Crippen LogP contribution in [0.3, 0.4) is 0 Å². The number of nitrogens with zero attached hydrogens (tertiary/aromatic N) is 4. The average Bonchev–Trinajstić information content (AvgIpc) is 2.93. The van der Waals surface area contributed by atoms with Crippen LogP contribution in [0.5, 0.6) is 0 Å². The zero-order valence-electron chi connectivity index (χ0n) is 15.0. The van der Waals surface area contributed by atoms with E-state index in [1.165, 1.54) is 12.1 Å². The predicted molar refractivity (Wildman–Crippen MR) is 110 cm³/mol. The van der Waals surface area contributed by atoms with Crippen LogP contribution in [-0.4, -0.2) is 43.8 Å². The molecule has 28 heavy (non-hydrogen) atoms. The first-order chi connectivity index (χ1) is 13.6. The van der Waals surface area contributed by atoms with Gasteiger partial charge in [-0.25, -0.2) is 9.37 Å². The van der Waals surface area contributed by atoms with E-state index in [0.29, 0.717) is 45.8 Å². The van der Waals surface area contributed by atoms with E-state index < -0.39 is 10.8 Å². The number of benzene rings is 1. The van der Waals surface area contributed by atoms with Gasteiger partial charge in [-0.3, -0.25) is 14.2 Å². The molecule has 0 saturated carbocycles. The highest BCUT2D eigenvalue weighted by atomic mass is 35.5. The van der Waals surface area contributed by atoms with Gasteiger partial charge >= 0.3 is 0 Å². The van der Waals surface area contributed by atoms with Crippen molar-refractivity contribution in [1.29, 1.82) is 0 Å². The summed E-state index contributed by atoms with van der Waals surface area (Å²) in [6.07, 6.45) is 5.78. The smallest absolute Gasteiger partial charge is 0.147 e. The minimum absolute atomic E-state index is 0.311. The van der Waals surface area contributed by atoms with Crippen LogP contribution in [0.1, 0.15) is 6.42 Å². The van der Waals surface area contributed by atoms with Gasteiger partial charge in [-0.05, 0) is 36.8 Å². The van der Waals surface area contributed by atoms with Gasteiger partial charge in [0.15, 0.2) is 0 Å². The molecule has 1 aliphatic rings. The van der Waals surface area contributed by atoms with Crippen LogP contribution in [0.15, 0.2) is 48.9 Å². The fraction of sp³-hybridized carbons (Fsp3) is 0.250. The van der Waals surface area contributed by atoms with Crippen LogP contribution in [0.4, 0.5) is 10.2 Å². The SMILES string of the molecule is O=S1CCCN(c2cnc(-c3ccc(F)cc3)c(-c3ccncc3Cl)n2)CC1. The van der Waals surface area contributed by atoms with Crippen LogP contribution in [-0.2, 0) is 10.8 Å². The molecule has 0 spiro atoms. The summed E-state index contributed by atoms with van der Waals surface area (Å²) in [5.41, 5.74) is 2.70. The Kier molecular flexibility index (Phi) is 5.64. The summed E-state index contributed by atoms with van der Waals surface area (Å²) in [7, 11) is -0.788. The minimum atomic E-state index is -0.788. The Labute approximate surface area is 170 Å². The van der Waals surface area contributed by atoms with Crippen LogP contribution < -0.4 is 4.90 Å². The van der Waals surface area contributed by atoms with Crippen molar-refractivity contribution >= 4 is 28.2 Å². The van der Waals surface area contributed by atoms with E-state index in [0.717, 1.165) is 18.5 Å². The number of halogens is 2. The molecule has 0 amide bonds. The highest BCUT2D eigenvalue weighted by Crippen LogP contribution is 2.34. The second-order valence-electron chi connectivity index (χ2n) is 6.48. The normalized spacial score (nSPS) is 17.4. The van der Waals surface area contributed by atoms with E-state index in [2.05, 4.69) is 14.9 Å². The van der Waals surface area contributed by atoms with E-state index in [1.54, 1.807) is 36.8 Å². The molecule has 1 aliphatic heterocycles. The summed E-state index contributed by atoms with van der Waals surface area (Å²) in [5, 5.41) is 0.467. The Balaban J connectivity index is 1.82. The van der Waals surface area contributed by atoms with Crippen molar-refractivity contribution in [2.24, 2.45) is 0 Å². The second-order valence-corrected chi connectivity index (χ2v) is 8.58. The minimum Gasteiger partial charge on any atom is -0.354 e. The highest BCUT2D eigenvalue weighted by Gasteiger charge is 2.19. The van der Waals surface area contributed by atoms with Crippen molar-refractivity contribution in [2.45, 2.75) is 6.42 Å². The molecule has 1 saturated heterocycles. The Morgan fingerprint density at radius 1 is 1.04 bits per heavy atom. The first-order valence-corrected chi connectivity index (χ1v) is 10.8. The lowest BCUT2D eigenvalue weighted by molar-refractivity contribution is 0.628. The lowest BCUT2D eigenvalue weighted by Crippen LogP contribution is -2.27. The van der Waals surface area contributed by atoms with Gasteiger partial charge in [-0.2, -0.15) is 0 Å². The van der Waals surface area contributed by atoms with Gasteiger partial charge in [0.05, 0.1) is 16.9 Å². The molecule has 1 aromatic carbocycles. The van der Waals surface area contributed by atoms with Crippen molar-refractivity contribution in [2.75, 3.05) is 29.5 Å². The monoisotopic (exact) mass is 416 g/mol. The summed E-state index contributed by atoms with van der Waals surface area (Å²) in [4.78, 5) is 15.6. The largest absolute Gasteiger partial charge is 0.354 e. The number of pyridine rings is 1. The van der Waals surface area contributed by atoms with E-state index in [9.17, 15) is 8.60 Å². The fourth-order valence-electron chi connectivity index (χ4n) is 3.18. The maximum absolute atomic E-state index is 13.4. The molecule has 144 valence electrons. The third-order valence-corrected chi connectivity index (χ3v) is 6.30. The van der Waals surface area contributed by atoms with E-state index >= 15 is 0 Å². The van der Waals surface area contributed by atoms with Gasteiger partial charge in [0, 0.05) is 58.9 Å². The maximum Gasteiger partial charge on any atom is 0.147 e. The van der Waals surface area contributed by atoms with Crippen LogP contribution in [0.25, 0.3) is 22.5 Å². The first-order valence-electron chi connectivity index (χ1n) is 8.94. The summed E-state index contributed by atoms with van der Waals surface area (Å²) in [6.45, 7) is 1.44. The molecule has 8 heteroatoms. The molecule has 5 nitrogen and oxygen atoms in total. The van der Waals surface area contributed by atoms with Gasteiger partial charge in [0.2, 0.25) is 0 Å². The molecule has 1 fully saturated rings. The number of rotatable bonds is 3. The Morgan fingerprint density at radius 3 is 2.64 bits per heavy atom. The molecule has 0 bridgehead atoms. The summed E-state index contributed by atoms with van der Waals surface area (Å²) >= 11 is 6.38. The molecular weight excluding hydrogens is 399 g/mol. The Bertz CT molecular complexity index is 1020. The van der Waals surface area contributed by atoms with Crippen molar-refractivity contribution in [3.8, 4) is 22.5 Å². The fourth-order valence-corrected chi connectivity index (χ4v) is 4.47. The second kappa shape index (κ2) is 8.32. The quantitative estimate of drug-likeness (QED) is 0.646. The van der Waals surface area contributed by atoms with Crippen molar-refractivity contribution in [3.05, 3.63) is 59.8 Å². The number of hydrogen-bond donors (Lipinski definition) is 0. The topological polar surface area (TPSA) is 59.0 Å². The summed E-state index contributed by atoms with van der Waals surface area (Å²) < 4.78 is 25.2. The zero-order valence-corrected chi connectivity index (χ0v) is 16.6. The summed E-state index contributed by atoms with van der Waals surface area (Å²) in [6, 6.07) is 7.93. The van der Waals surface area contributed by atoms with Gasteiger partial charge in [0.25, 0.3) is 0 Å². The standard InChI is InChI=1S/C20H18ClFN4OS/c21-17-12-23-7-6-16(17)20-19(14-2-4-15(22)5-3-14)24-13-18(25-20)26-8-1-10-28(27)11-9-26/h2-7,12-13H,1,8-11H2. The molecular formula is C20H18ClFN4OS. The molecule has 1 unspecified atom stereocenters. The predicted octanol–water partition coefficient (Wildman–Crippen LogP) is 3.96. The van der Waals surface area contributed by atoms with Gasteiger partial charge in [-0.1, -0.05) is 11.6 Å². The first kappa shape index (κ1) is 19.0. The summed E-state index contributed by atoms with van der Waals surface area (Å²) in [5.74, 6) is 1.73. The number of anilines is 1. The molecule has 0 N–H and O–H groups in total. The Morgan fingerprint density at radius 2 is 1.86 bits per heavy atom. The molecule has 3 heterocycles. The molecule has 0 radical (unpaired) electrons. The molecule has 4 rings (SSSR count).